The number of morpholine rings is 1. The molecule has 1 aliphatic rings. The van der Waals surface area contributed by atoms with E-state index >= 15 is 0 Å². The molecular formula is C33H32N8O3. The molecule has 0 aliphatic carbocycles. The van der Waals surface area contributed by atoms with E-state index in [1.165, 1.54) is 11.8 Å². The number of carbonyl (C=O) groups is 2. The highest BCUT2D eigenvalue weighted by atomic mass is 16.5. The van der Waals surface area contributed by atoms with Crippen LogP contribution in [-0.2, 0) is 9.53 Å². The summed E-state index contributed by atoms with van der Waals surface area (Å²) in [6.07, 6.45) is 3.64. The average Bonchev–Trinajstić information content (AvgIpc) is 3.05. The van der Waals surface area contributed by atoms with Gasteiger partial charge in [0.05, 0.1) is 18.7 Å². The maximum absolute atomic E-state index is 12.7. The predicted octanol–water partition coefficient (Wildman–Crippen LogP) is 5.53. The predicted molar refractivity (Wildman–Crippen MR) is 172 cm³/mol. The lowest BCUT2D eigenvalue weighted by atomic mass is 10.1. The summed E-state index contributed by atoms with van der Waals surface area (Å²) in [5.74, 6) is 2.10. The minimum Gasteiger partial charge on any atom is -0.378 e. The molecule has 0 atom stereocenters. The van der Waals surface area contributed by atoms with Crippen LogP contribution >= 0.6 is 0 Å². The number of aromatic nitrogens is 4. The van der Waals surface area contributed by atoms with E-state index in [4.69, 9.17) is 14.7 Å². The Balaban J connectivity index is 1.24. The Bertz CT molecular complexity index is 1800. The molecule has 3 aromatic carbocycles. The molecule has 222 valence electrons. The summed E-state index contributed by atoms with van der Waals surface area (Å²) in [7, 11) is 1.70. The summed E-state index contributed by atoms with van der Waals surface area (Å²) < 4.78 is 5.59. The maximum atomic E-state index is 12.7. The van der Waals surface area contributed by atoms with Crippen molar-refractivity contribution in [2.75, 3.05) is 53.8 Å². The molecule has 44 heavy (non-hydrogen) atoms. The zero-order chi connectivity index (χ0) is 30.6. The smallest absolute Gasteiger partial charge is 0.323 e. The normalized spacial score (nSPS) is 13.0. The molecule has 0 bridgehead atoms. The number of rotatable bonds is 6. The minimum absolute atomic E-state index is 0.0691. The number of hydrogen-bond donors (Lipinski definition) is 2. The highest BCUT2D eigenvalue weighted by molar-refractivity contribution is 6.00. The molecule has 6 rings (SSSR count). The monoisotopic (exact) mass is 588 g/mol. The fourth-order valence-electron chi connectivity index (χ4n) is 4.93. The molecule has 11 heteroatoms. The summed E-state index contributed by atoms with van der Waals surface area (Å²) >= 11 is 0. The first-order chi connectivity index (χ1) is 21.3. The first kappa shape index (κ1) is 28.7. The number of ether oxygens (including phenoxy) is 1. The molecule has 3 heterocycles. The second kappa shape index (κ2) is 12.4. The molecule has 3 amide bonds. The van der Waals surface area contributed by atoms with E-state index in [0.717, 1.165) is 58.0 Å². The lowest BCUT2D eigenvalue weighted by molar-refractivity contribution is -0.116. The van der Waals surface area contributed by atoms with Gasteiger partial charge < -0.3 is 25.2 Å². The van der Waals surface area contributed by atoms with Gasteiger partial charge >= 0.3 is 6.03 Å². The van der Waals surface area contributed by atoms with Gasteiger partial charge in [-0.3, -0.25) is 4.79 Å². The molecule has 0 spiro atoms. The van der Waals surface area contributed by atoms with Crippen molar-refractivity contribution in [1.29, 1.82) is 0 Å². The molecule has 0 radical (unpaired) electrons. The van der Waals surface area contributed by atoms with Crippen LogP contribution in [0.25, 0.3) is 33.4 Å². The van der Waals surface area contributed by atoms with Crippen molar-refractivity contribution < 1.29 is 14.3 Å². The van der Waals surface area contributed by atoms with Gasteiger partial charge in [0.15, 0.2) is 5.82 Å². The number of nitrogens with one attached hydrogen (secondary N) is 2. The van der Waals surface area contributed by atoms with Gasteiger partial charge in [-0.25, -0.2) is 24.7 Å². The Morgan fingerprint density at radius 2 is 1.43 bits per heavy atom. The lowest BCUT2D eigenvalue weighted by Gasteiger charge is -2.29. The number of aryl methyl sites for hydroxylation is 1. The number of amides is 3. The van der Waals surface area contributed by atoms with E-state index < -0.39 is 0 Å². The number of hydrogen-bond acceptors (Lipinski definition) is 8. The Morgan fingerprint density at radius 1 is 0.818 bits per heavy atom. The molecule has 2 aromatic heterocycles. The van der Waals surface area contributed by atoms with E-state index in [2.05, 4.69) is 31.6 Å². The molecule has 1 saturated heterocycles. The van der Waals surface area contributed by atoms with E-state index in [1.54, 1.807) is 31.3 Å². The van der Waals surface area contributed by atoms with E-state index in [1.807, 2.05) is 55.7 Å². The number of anilines is 4. The Hall–Kier alpha value is -5.42. The zero-order valence-corrected chi connectivity index (χ0v) is 24.7. The van der Waals surface area contributed by atoms with Gasteiger partial charge in [-0.1, -0.05) is 6.07 Å². The van der Waals surface area contributed by atoms with Crippen LogP contribution in [0.1, 0.15) is 12.7 Å². The van der Waals surface area contributed by atoms with Crippen molar-refractivity contribution in [3.63, 3.8) is 0 Å². The first-order valence-corrected chi connectivity index (χ1v) is 14.3. The fraction of sp³-hybridized carbons (Fsp3) is 0.212. The van der Waals surface area contributed by atoms with E-state index in [9.17, 15) is 9.59 Å². The van der Waals surface area contributed by atoms with Gasteiger partial charge in [-0.2, -0.15) is 0 Å². The standard InChI is InChI=1S/C33H32N8O3/c1-21-34-19-25(20-35-21)24-6-13-29-30(18-24)38-31(39-32(29)41-14-16-44-17-15-41)23-4-7-26(8-5-23)36-33(43)37-27-9-11-28(12-10-27)40(3)22(2)42/h4-13,18-20H,14-17H2,1-3H3,(H2,36,37,43). The highest BCUT2D eigenvalue weighted by Crippen LogP contribution is 2.32. The fourth-order valence-corrected chi connectivity index (χ4v) is 4.93. The third kappa shape index (κ3) is 6.32. The van der Waals surface area contributed by atoms with Gasteiger partial charge in [-0.15, -0.1) is 0 Å². The molecule has 1 aliphatic heterocycles. The Labute approximate surface area is 254 Å². The number of benzene rings is 3. The van der Waals surface area contributed by atoms with Crippen molar-refractivity contribution in [2.24, 2.45) is 0 Å². The van der Waals surface area contributed by atoms with Gasteiger partial charge in [-0.05, 0) is 73.2 Å². The van der Waals surface area contributed by atoms with Crippen molar-refractivity contribution in [3.8, 4) is 22.5 Å². The number of urea groups is 1. The van der Waals surface area contributed by atoms with Crippen LogP contribution < -0.4 is 20.4 Å². The summed E-state index contributed by atoms with van der Waals surface area (Å²) in [5, 5.41) is 6.63. The van der Waals surface area contributed by atoms with Gasteiger partial charge in [0.2, 0.25) is 5.91 Å². The zero-order valence-electron chi connectivity index (χ0n) is 24.7. The Kier molecular flexibility index (Phi) is 8.11. The van der Waals surface area contributed by atoms with Gasteiger partial charge in [0.1, 0.15) is 11.6 Å². The number of nitrogens with zero attached hydrogens (tertiary/aromatic N) is 6. The molecule has 0 saturated carbocycles. The van der Waals surface area contributed by atoms with E-state index in [-0.39, 0.29) is 11.9 Å². The van der Waals surface area contributed by atoms with Crippen molar-refractivity contribution in [3.05, 3.63) is 84.9 Å². The average molecular weight is 589 g/mol. The van der Waals surface area contributed by atoms with Gasteiger partial charge in [0, 0.05) is 73.0 Å². The molecule has 0 unspecified atom stereocenters. The van der Waals surface area contributed by atoms with Crippen LogP contribution in [0.4, 0.5) is 27.7 Å². The summed E-state index contributed by atoms with van der Waals surface area (Å²) in [6, 6.07) is 20.2. The molecular weight excluding hydrogens is 556 g/mol. The molecule has 5 aromatic rings. The van der Waals surface area contributed by atoms with Crippen LogP contribution in [0.5, 0.6) is 0 Å². The van der Waals surface area contributed by atoms with Crippen molar-refractivity contribution in [2.45, 2.75) is 13.8 Å². The topological polar surface area (TPSA) is 125 Å². The van der Waals surface area contributed by atoms with Crippen LogP contribution in [0.3, 0.4) is 0 Å². The second-order valence-corrected chi connectivity index (χ2v) is 10.5. The quantitative estimate of drug-likeness (QED) is 0.265. The second-order valence-electron chi connectivity index (χ2n) is 10.5. The van der Waals surface area contributed by atoms with Crippen LogP contribution in [0.15, 0.2) is 79.1 Å². The first-order valence-electron chi connectivity index (χ1n) is 14.3. The SMILES string of the molecule is CC(=O)N(C)c1ccc(NC(=O)Nc2ccc(-c3nc(N4CCOCC4)c4ccc(-c5cnc(C)nc5)cc4n3)cc2)cc1. The lowest BCUT2D eigenvalue weighted by Crippen LogP contribution is -2.37. The Morgan fingerprint density at radius 3 is 2.07 bits per heavy atom. The third-order valence-electron chi connectivity index (χ3n) is 7.49. The van der Waals surface area contributed by atoms with Crippen LogP contribution in [-0.4, -0.2) is 65.2 Å². The number of fused-ring (bicyclic) bond motifs is 1. The van der Waals surface area contributed by atoms with Crippen LogP contribution in [0, 0.1) is 6.92 Å². The van der Waals surface area contributed by atoms with Crippen molar-refractivity contribution >= 4 is 45.7 Å². The minimum atomic E-state index is -0.380. The van der Waals surface area contributed by atoms with Crippen molar-refractivity contribution in [1.82, 2.24) is 19.9 Å². The van der Waals surface area contributed by atoms with Crippen LogP contribution in [0.2, 0.25) is 0 Å². The highest BCUT2D eigenvalue weighted by Gasteiger charge is 2.19. The molecule has 11 nitrogen and oxygen atoms in total. The largest absolute Gasteiger partial charge is 0.378 e. The van der Waals surface area contributed by atoms with E-state index in [0.29, 0.717) is 30.4 Å². The third-order valence-corrected chi connectivity index (χ3v) is 7.49. The van der Waals surface area contributed by atoms with Gasteiger partial charge in [0.25, 0.3) is 0 Å². The molecule has 2 N–H and O–H groups in total. The number of carbonyl (C=O) groups excluding carboxylic acids is 2. The maximum Gasteiger partial charge on any atom is 0.323 e. The summed E-state index contributed by atoms with van der Waals surface area (Å²) in [6.45, 7) is 6.13. The molecule has 1 fully saturated rings. The summed E-state index contributed by atoms with van der Waals surface area (Å²) in [4.78, 5) is 46.6. The summed E-state index contributed by atoms with van der Waals surface area (Å²) in [5.41, 5.74) is 5.50.